The van der Waals surface area contributed by atoms with E-state index in [1.807, 2.05) is 30.0 Å². The highest BCUT2D eigenvalue weighted by atomic mass is 79.9. The van der Waals surface area contributed by atoms with Crippen LogP contribution in [-0.2, 0) is 0 Å². The van der Waals surface area contributed by atoms with Gasteiger partial charge < -0.3 is 15.0 Å². The molecule has 0 radical (unpaired) electrons. The molecule has 1 aromatic rings. The van der Waals surface area contributed by atoms with Crippen LogP contribution in [-0.4, -0.2) is 43.6 Å². The molecule has 1 amide bonds. The highest BCUT2D eigenvalue weighted by Crippen LogP contribution is 2.28. The Morgan fingerprint density at radius 3 is 3.00 bits per heavy atom. The summed E-state index contributed by atoms with van der Waals surface area (Å²) in [6, 6.07) is 5.73. The Morgan fingerprint density at radius 2 is 2.33 bits per heavy atom. The number of amides is 1. The molecule has 2 rings (SSSR count). The first-order valence-corrected chi connectivity index (χ1v) is 6.78. The quantitative estimate of drug-likeness (QED) is 0.907. The monoisotopic (exact) mass is 312 g/mol. The number of rotatable bonds is 2. The van der Waals surface area contributed by atoms with E-state index in [1.54, 1.807) is 7.11 Å². The van der Waals surface area contributed by atoms with Crippen LogP contribution in [0.2, 0.25) is 0 Å². The van der Waals surface area contributed by atoms with Crippen molar-refractivity contribution in [2.45, 2.75) is 13.0 Å². The number of halogens is 1. The van der Waals surface area contributed by atoms with Crippen molar-refractivity contribution >= 4 is 21.8 Å². The molecular formula is C13H17BrN2O2. The minimum atomic E-state index is 0.0216. The molecule has 5 heteroatoms. The molecule has 0 spiro atoms. The first-order valence-electron chi connectivity index (χ1n) is 5.99. The van der Waals surface area contributed by atoms with Gasteiger partial charge in [0.2, 0.25) is 0 Å². The number of hydrogen-bond donors (Lipinski definition) is 1. The fraction of sp³-hybridized carbons (Fsp3) is 0.462. The third-order valence-electron chi connectivity index (χ3n) is 3.17. The second kappa shape index (κ2) is 5.71. The van der Waals surface area contributed by atoms with E-state index in [4.69, 9.17) is 4.74 Å². The summed E-state index contributed by atoms with van der Waals surface area (Å²) in [5, 5.41) is 3.28. The molecule has 1 aliphatic heterocycles. The standard InChI is InChI=1S/C13H17BrN2O2/c1-9-8-15-6-7-16(9)13(17)12-10(14)4-3-5-11(12)18-2/h3-5,9,15H,6-8H2,1-2H3/t9-/m1/s1. The largest absolute Gasteiger partial charge is 0.496 e. The molecule has 1 fully saturated rings. The summed E-state index contributed by atoms with van der Waals surface area (Å²) in [4.78, 5) is 14.5. The van der Waals surface area contributed by atoms with Crippen molar-refractivity contribution in [1.82, 2.24) is 10.2 Å². The van der Waals surface area contributed by atoms with Crippen LogP contribution in [0.4, 0.5) is 0 Å². The van der Waals surface area contributed by atoms with Crippen molar-refractivity contribution in [1.29, 1.82) is 0 Å². The van der Waals surface area contributed by atoms with Gasteiger partial charge in [-0.15, -0.1) is 0 Å². The van der Waals surface area contributed by atoms with Gasteiger partial charge in [-0.1, -0.05) is 6.07 Å². The SMILES string of the molecule is COc1cccc(Br)c1C(=O)N1CCNC[C@H]1C. The lowest BCUT2D eigenvalue weighted by Gasteiger charge is -2.34. The minimum absolute atomic E-state index is 0.0216. The zero-order chi connectivity index (χ0) is 13.1. The van der Waals surface area contributed by atoms with Gasteiger partial charge in [-0.25, -0.2) is 0 Å². The highest BCUT2D eigenvalue weighted by molar-refractivity contribution is 9.10. The van der Waals surface area contributed by atoms with E-state index in [1.165, 1.54) is 0 Å². The Labute approximate surface area is 115 Å². The number of ether oxygens (including phenoxy) is 1. The van der Waals surface area contributed by atoms with E-state index >= 15 is 0 Å². The molecule has 0 aliphatic carbocycles. The second-order valence-corrected chi connectivity index (χ2v) is 5.22. The first kappa shape index (κ1) is 13.4. The lowest BCUT2D eigenvalue weighted by molar-refractivity contribution is 0.0651. The molecule has 0 bridgehead atoms. The number of nitrogens with one attached hydrogen (secondary N) is 1. The zero-order valence-electron chi connectivity index (χ0n) is 10.6. The maximum absolute atomic E-state index is 12.6. The van der Waals surface area contributed by atoms with Crippen LogP contribution in [0.15, 0.2) is 22.7 Å². The number of carbonyl (C=O) groups excluding carboxylic acids is 1. The average molecular weight is 313 g/mol. The van der Waals surface area contributed by atoms with Gasteiger partial charge in [0.25, 0.3) is 5.91 Å². The number of piperazine rings is 1. The fourth-order valence-corrected chi connectivity index (χ4v) is 2.69. The Hall–Kier alpha value is -1.07. The summed E-state index contributed by atoms with van der Waals surface area (Å²) >= 11 is 3.43. The van der Waals surface area contributed by atoms with Crippen molar-refractivity contribution in [3.63, 3.8) is 0 Å². The minimum Gasteiger partial charge on any atom is -0.496 e. The van der Waals surface area contributed by atoms with Gasteiger partial charge >= 0.3 is 0 Å². The van der Waals surface area contributed by atoms with Crippen molar-refractivity contribution in [3.05, 3.63) is 28.2 Å². The van der Waals surface area contributed by atoms with Gasteiger partial charge in [0.05, 0.1) is 12.7 Å². The lowest BCUT2D eigenvalue weighted by Crippen LogP contribution is -2.52. The van der Waals surface area contributed by atoms with Gasteiger partial charge in [0, 0.05) is 30.1 Å². The van der Waals surface area contributed by atoms with E-state index in [0.29, 0.717) is 11.3 Å². The molecule has 18 heavy (non-hydrogen) atoms. The molecule has 1 aliphatic rings. The molecule has 1 heterocycles. The van der Waals surface area contributed by atoms with Crippen molar-refractivity contribution in [2.24, 2.45) is 0 Å². The maximum Gasteiger partial charge on any atom is 0.259 e. The molecule has 1 atom stereocenters. The number of hydrogen-bond acceptors (Lipinski definition) is 3. The van der Waals surface area contributed by atoms with Gasteiger partial charge in [0.1, 0.15) is 5.75 Å². The van der Waals surface area contributed by atoms with E-state index in [9.17, 15) is 4.79 Å². The molecule has 98 valence electrons. The van der Waals surface area contributed by atoms with Gasteiger partial charge in [0.15, 0.2) is 0 Å². The predicted octanol–water partition coefficient (Wildman–Crippen LogP) is 1.89. The maximum atomic E-state index is 12.6. The summed E-state index contributed by atoms with van der Waals surface area (Å²) in [5.41, 5.74) is 0.605. The lowest BCUT2D eigenvalue weighted by atomic mass is 10.1. The first-order chi connectivity index (χ1) is 8.65. The van der Waals surface area contributed by atoms with Gasteiger partial charge in [-0.3, -0.25) is 4.79 Å². The van der Waals surface area contributed by atoms with Crippen LogP contribution in [0.3, 0.4) is 0 Å². The van der Waals surface area contributed by atoms with E-state index < -0.39 is 0 Å². The Balaban J connectivity index is 2.33. The Morgan fingerprint density at radius 1 is 1.56 bits per heavy atom. The van der Waals surface area contributed by atoms with Crippen LogP contribution in [0.25, 0.3) is 0 Å². The van der Waals surface area contributed by atoms with Gasteiger partial charge in [-0.2, -0.15) is 0 Å². The number of carbonyl (C=O) groups is 1. The normalized spacial score (nSPS) is 19.7. The van der Waals surface area contributed by atoms with Crippen LogP contribution >= 0.6 is 15.9 Å². The molecule has 4 nitrogen and oxygen atoms in total. The Kier molecular flexibility index (Phi) is 4.24. The number of methoxy groups -OCH3 is 1. The number of nitrogens with zero attached hydrogens (tertiary/aromatic N) is 1. The summed E-state index contributed by atoms with van der Waals surface area (Å²) in [6.45, 7) is 4.44. The summed E-state index contributed by atoms with van der Waals surface area (Å²) in [5.74, 6) is 0.633. The topological polar surface area (TPSA) is 41.6 Å². The van der Waals surface area contributed by atoms with Crippen LogP contribution in [0, 0.1) is 0 Å². The van der Waals surface area contributed by atoms with E-state index in [0.717, 1.165) is 24.1 Å². The third kappa shape index (κ3) is 2.52. The molecule has 1 saturated heterocycles. The molecule has 0 unspecified atom stereocenters. The summed E-state index contributed by atoms with van der Waals surface area (Å²) in [7, 11) is 1.58. The molecule has 1 aromatic carbocycles. The molecular weight excluding hydrogens is 296 g/mol. The van der Waals surface area contributed by atoms with Crippen LogP contribution in [0.1, 0.15) is 17.3 Å². The van der Waals surface area contributed by atoms with Crippen LogP contribution in [0.5, 0.6) is 5.75 Å². The van der Waals surface area contributed by atoms with Crippen molar-refractivity contribution < 1.29 is 9.53 Å². The van der Waals surface area contributed by atoms with Crippen molar-refractivity contribution in [2.75, 3.05) is 26.7 Å². The summed E-state index contributed by atoms with van der Waals surface area (Å²) in [6.07, 6.45) is 0. The Bertz CT molecular complexity index is 451. The smallest absolute Gasteiger partial charge is 0.259 e. The van der Waals surface area contributed by atoms with Crippen molar-refractivity contribution in [3.8, 4) is 5.75 Å². The molecule has 1 N–H and O–H groups in total. The highest BCUT2D eigenvalue weighted by Gasteiger charge is 2.27. The average Bonchev–Trinajstić information content (AvgIpc) is 2.38. The summed E-state index contributed by atoms with van der Waals surface area (Å²) < 4.78 is 6.06. The molecule has 0 aromatic heterocycles. The van der Waals surface area contributed by atoms with Crippen LogP contribution < -0.4 is 10.1 Å². The zero-order valence-corrected chi connectivity index (χ0v) is 12.2. The third-order valence-corrected chi connectivity index (χ3v) is 3.83. The van der Waals surface area contributed by atoms with E-state index in [2.05, 4.69) is 21.2 Å². The van der Waals surface area contributed by atoms with Gasteiger partial charge in [-0.05, 0) is 35.0 Å². The second-order valence-electron chi connectivity index (χ2n) is 4.37. The van der Waals surface area contributed by atoms with E-state index in [-0.39, 0.29) is 11.9 Å². The predicted molar refractivity (Wildman–Crippen MR) is 74.1 cm³/mol. The molecule has 0 saturated carbocycles. The number of benzene rings is 1. The fourth-order valence-electron chi connectivity index (χ4n) is 2.17.